The highest BCUT2D eigenvalue weighted by atomic mass is 15.0. The fraction of sp³-hybridized carbons (Fsp3) is 1.00. The SMILES string of the molecule is CCCCCC(N)(N)C(C)C. The molecule has 2 nitrogen and oxygen atoms in total. The van der Waals surface area contributed by atoms with Gasteiger partial charge in [0.1, 0.15) is 0 Å². The molecule has 0 amide bonds. The average molecular weight is 158 g/mol. The number of hydrogen-bond donors (Lipinski definition) is 2. The highest BCUT2D eigenvalue weighted by Crippen LogP contribution is 2.15. The molecule has 0 fully saturated rings. The van der Waals surface area contributed by atoms with Gasteiger partial charge in [-0.25, -0.2) is 0 Å². The minimum atomic E-state index is -0.449. The minimum Gasteiger partial charge on any atom is -0.313 e. The van der Waals surface area contributed by atoms with Crippen LogP contribution in [0.4, 0.5) is 0 Å². The Balaban J connectivity index is 3.55. The molecule has 0 aliphatic rings. The van der Waals surface area contributed by atoms with E-state index in [0.29, 0.717) is 5.92 Å². The summed E-state index contributed by atoms with van der Waals surface area (Å²) in [4.78, 5) is 0. The van der Waals surface area contributed by atoms with Crippen molar-refractivity contribution in [3.63, 3.8) is 0 Å². The summed E-state index contributed by atoms with van der Waals surface area (Å²) < 4.78 is 0. The van der Waals surface area contributed by atoms with Crippen molar-refractivity contribution in [2.45, 2.75) is 52.1 Å². The molecule has 2 heteroatoms. The molecule has 68 valence electrons. The van der Waals surface area contributed by atoms with Crippen molar-refractivity contribution in [3.05, 3.63) is 0 Å². The monoisotopic (exact) mass is 158 g/mol. The summed E-state index contributed by atoms with van der Waals surface area (Å²) in [5.41, 5.74) is 11.3. The van der Waals surface area contributed by atoms with E-state index in [4.69, 9.17) is 11.5 Å². The van der Waals surface area contributed by atoms with Gasteiger partial charge in [0, 0.05) is 0 Å². The van der Waals surface area contributed by atoms with Crippen molar-refractivity contribution < 1.29 is 0 Å². The third-order valence-corrected chi connectivity index (χ3v) is 2.29. The van der Waals surface area contributed by atoms with E-state index >= 15 is 0 Å². The van der Waals surface area contributed by atoms with Crippen LogP contribution in [-0.4, -0.2) is 5.66 Å². The Kier molecular flexibility index (Phi) is 4.69. The predicted molar refractivity (Wildman–Crippen MR) is 50.1 cm³/mol. The first-order chi connectivity index (χ1) is 5.00. The molecule has 0 rings (SSSR count). The van der Waals surface area contributed by atoms with Crippen LogP contribution < -0.4 is 11.5 Å². The van der Waals surface area contributed by atoms with Crippen LogP contribution in [-0.2, 0) is 0 Å². The van der Waals surface area contributed by atoms with Gasteiger partial charge in [-0.2, -0.15) is 0 Å². The lowest BCUT2D eigenvalue weighted by Gasteiger charge is -2.28. The number of unbranched alkanes of at least 4 members (excludes halogenated alkanes) is 2. The van der Waals surface area contributed by atoms with Crippen LogP contribution in [0.3, 0.4) is 0 Å². The number of hydrogen-bond acceptors (Lipinski definition) is 2. The standard InChI is InChI=1S/C9H22N2/c1-4-5-6-7-9(10,11)8(2)3/h8H,4-7,10-11H2,1-3H3. The van der Waals surface area contributed by atoms with Gasteiger partial charge in [-0.3, -0.25) is 0 Å². The van der Waals surface area contributed by atoms with Gasteiger partial charge in [0.05, 0.1) is 5.66 Å². The van der Waals surface area contributed by atoms with Crippen molar-refractivity contribution in [1.29, 1.82) is 0 Å². The third kappa shape index (κ3) is 4.38. The molecular formula is C9H22N2. The highest BCUT2D eigenvalue weighted by Gasteiger charge is 2.22. The summed E-state index contributed by atoms with van der Waals surface area (Å²) in [7, 11) is 0. The normalized spacial score (nSPS) is 12.5. The lowest BCUT2D eigenvalue weighted by molar-refractivity contribution is 0.288. The highest BCUT2D eigenvalue weighted by molar-refractivity contribution is 4.79. The van der Waals surface area contributed by atoms with Crippen molar-refractivity contribution in [1.82, 2.24) is 0 Å². The van der Waals surface area contributed by atoms with Gasteiger partial charge in [-0.05, 0) is 12.3 Å². The second kappa shape index (κ2) is 4.73. The molecule has 0 spiro atoms. The molecule has 0 aromatic carbocycles. The van der Waals surface area contributed by atoms with Gasteiger partial charge in [0.25, 0.3) is 0 Å². The largest absolute Gasteiger partial charge is 0.313 e. The molecular weight excluding hydrogens is 136 g/mol. The van der Waals surface area contributed by atoms with Gasteiger partial charge in [-0.1, -0.05) is 40.0 Å². The van der Waals surface area contributed by atoms with Crippen LogP contribution in [0.5, 0.6) is 0 Å². The fourth-order valence-electron chi connectivity index (χ4n) is 0.970. The zero-order chi connectivity index (χ0) is 8.91. The first-order valence-electron chi connectivity index (χ1n) is 4.58. The molecule has 0 saturated heterocycles. The Morgan fingerprint density at radius 3 is 2.09 bits per heavy atom. The maximum absolute atomic E-state index is 5.88. The zero-order valence-electron chi connectivity index (χ0n) is 8.06. The molecule has 0 aromatic heterocycles. The lowest BCUT2D eigenvalue weighted by Crippen LogP contribution is -2.53. The molecule has 0 heterocycles. The van der Waals surface area contributed by atoms with E-state index in [2.05, 4.69) is 20.8 Å². The van der Waals surface area contributed by atoms with Crippen LogP contribution in [0.2, 0.25) is 0 Å². The second-order valence-corrected chi connectivity index (χ2v) is 3.72. The molecule has 0 aliphatic carbocycles. The van der Waals surface area contributed by atoms with Gasteiger partial charge >= 0.3 is 0 Å². The molecule has 0 aliphatic heterocycles. The fourth-order valence-corrected chi connectivity index (χ4v) is 0.970. The van der Waals surface area contributed by atoms with E-state index in [9.17, 15) is 0 Å². The Hall–Kier alpha value is -0.0800. The van der Waals surface area contributed by atoms with Crippen LogP contribution in [0.25, 0.3) is 0 Å². The van der Waals surface area contributed by atoms with Gasteiger partial charge in [0.2, 0.25) is 0 Å². The van der Waals surface area contributed by atoms with Crippen LogP contribution in [0, 0.1) is 5.92 Å². The predicted octanol–water partition coefficient (Wildman–Crippen LogP) is 1.84. The third-order valence-electron chi connectivity index (χ3n) is 2.29. The first-order valence-corrected chi connectivity index (χ1v) is 4.58. The summed E-state index contributed by atoms with van der Waals surface area (Å²) in [6.45, 7) is 6.34. The molecule has 0 radical (unpaired) electrons. The maximum Gasteiger partial charge on any atom is 0.0660 e. The van der Waals surface area contributed by atoms with E-state index in [1.54, 1.807) is 0 Å². The topological polar surface area (TPSA) is 52.0 Å². The van der Waals surface area contributed by atoms with Crippen molar-refractivity contribution >= 4 is 0 Å². The second-order valence-electron chi connectivity index (χ2n) is 3.72. The van der Waals surface area contributed by atoms with E-state index in [0.717, 1.165) is 12.8 Å². The van der Waals surface area contributed by atoms with Gasteiger partial charge < -0.3 is 11.5 Å². The van der Waals surface area contributed by atoms with Crippen molar-refractivity contribution in [2.24, 2.45) is 17.4 Å². The quantitative estimate of drug-likeness (QED) is 0.474. The summed E-state index contributed by atoms with van der Waals surface area (Å²) in [5, 5.41) is 0. The van der Waals surface area contributed by atoms with Gasteiger partial charge in [-0.15, -0.1) is 0 Å². The summed E-state index contributed by atoms with van der Waals surface area (Å²) in [6, 6.07) is 0. The summed E-state index contributed by atoms with van der Waals surface area (Å²) >= 11 is 0. The van der Waals surface area contributed by atoms with E-state index < -0.39 is 5.66 Å². The van der Waals surface area contributed by atoms with E-state index in [-0.39, 0.29) is 0 Å². The van der Waals surface area contributed by atoms with Gasteiger partial charge in [0.15, 0.2) is 0 Å². The molecule has 0 saturated carbocycles. The number of rotatable bonds is 5. The first kappa shape index (κ1) is 10.9. The zero-order valence-corrected chi connectivity index (χ0v) is 8.06. The average Bonchev–Trinajstić information content (AvgIpc) is 1.88. The molecule has 4 N–H and O–H groups in total. The van der Waals surface area contributed by atoms with Crippen LogP contribution in [0.1, 0.15) is 46.5 Å². The van der Waals surface area contributed by atoms with Crippen molar-refractivity contribution in [3.8, 4) is 0 Å². The van der Waals surface area contributed by atoms with Crippen molar-refractivity contribution in [2.75, 3.05) is 0 Å². The minimum absolute atomic E-state index is 0.374. The smallest absolute Gasteiger partial charge is 0.0660 e. The lowest BCUT2D eigenvalue weighted by atomic mass is 9.92. The summed E-state index contributed by atoms with van der Waals surface area (Å²) in [5.74, 6) is 0.374. The van der Waals surface area contributed by atoms with Crippen LogP contribution >= 0.6 is 0 Å². The molecule has 0 atom stereocenters. The molecule has 0 bridgehead atoms. The molecule has 11 heavy (non-hydrogen) atoms. The molecule has 0 aromatic rings. The Morgan fingerprint density at radius 1 is 1.18 bits per heavy atom. The Bertz CT molecular complexity index is 97.7. The Morgan fingerprint density at radius 2 is 1.73 bits per heavy atom. The maximum atomic E-state index is 5.88. The summed E-state index contributed by atoms with van der Waals surface area (Å²) in [6.07, 6.45) is 4.57. The van der Waals surface area contributed by atoms with E-state index in [1.807, 2.05) is 0 Å². The Labute approximate surface area is 70.3 Å². The number of nitrogens with two attached hydrogens (primary N) is 2. The van der Waals surface area contributed by atoms with Crippen LogP contribution in [0.15, 0.2) is 0 Å². The van der Waals surface area contributed by atoms with E-state index in [1.165, 1.54) is 12.8 Å². The molecule has 0 unspecified atom stereocenters.